The first-order valence-corrected chi connectivity index (χ1v) is 46.9. The number of phenolic OH excluding ortho intramolecular Hbond substituents is 7. The average molecular weight is 1980 g/mol. The lowest BCUT2D eigenvalue weighted by molar-refractivity contribution is -0.207. The number of allylic oxidation sites excluding steroid dienone is 2. The first-order chi connectivity index (χ1) is 67.5. The number of carboxylic acids is 2. The minimum atomic E-state index is -2.02. The Kier molecular flexibility index (Phi) is 25.9. The Morgan fingerprint density at radius 1 is 0.462 bits per heavy atom. The Hall–Kier alpha value is -13.0. The van der Waals surface area contributed by atoms with Gasteiger partial charge in [0.25, 0.3) is 0 Å². The number of aromatic hydroxyl groups is 7. The number of fused-ring (bicyclic) bond motifs is 14. The Morgan fingerprint density at radius 3 is 1.70 bits per heavy atom. The van der Waals surface area contributed by atoms with Crippen molar-refractivity contribution in [1.82, 2.24) is 5.32 Å². The molecule has 5 saturated heterocycles. The van der Waals surface area contributed by atoms with E-state index in [0.717, 1.165) is 12.1 Å². The second-order valence-corrected chi connectivity index (χ2v) is 39.0. The second-order valence-electron chi connectivity index (χ2n) is 39.0. The number of carboxylic acid groups (broad SMARTS) is 2. The van der Waals surface area contributed by atoms with Gasteiger partial charge in [-0.25, -0.2) is 0 Å². The summed E-state index contributed by atoms with van der Waals surface area (Å²) in [5.41, 5.74) is -2.85. The summed E-state index contributed by atoms with van der Waals surface area (Å²) in [4.78, 5) is 180. The molecule has 5 aromatic rings. The molecule has 40 nitrogen and oxygen atoms in total. The van der Waals surface area contributed by atoms with E-state index in [-0.39, 0.29) is 174 Å². The molecule has 5 aromatic carbocycles. The van der Waals surface area contributed by atoms with E-state index in [1.54, 1.807) is 52.8 Å². The smallest absolute Gasteiger partial charge is 0.309 e. The monoisotopic (exact) mass is 1980 g/mol. The van der Waals surface area contributed by atoms with Crippen LogP contribution in [0, 0.1) is 5.92 Å². The molecule has 16 N–H and O–H groups in total. The summed E-state index contributed by atoms with van der Waals surface area (Å²) >= 11 is 0. The number of ketones is 11. The SMILES string of the molecule is C=C1C[C@H]2O[C@H](C)C3=C(C(=O)c4ccc(C5C[C@@H](CNC)[C@H](O)[C@@H](C)O5)c(O)c4C3=O)[C@H]2O1.CC(=O)C[C@H]1Cc2cc3c(c(O)c2[C@H](C)O1)C(=O)C1=C(C3=O)C2CC(O)C1(O)C(C)O2.CC1OC2CC(=O)OC2c2cc3c(c(O)c21)C(=O)C(=O)C(C1CC(O)C(O)C(C)O1)=C3O.C[C@H]1O[C@H](CC(=O)O)CC2=C1C(=O)c1c(O)c(CC3=CC(=O)c4c(O)c5c(c(O)c4C3=O)[C@@H](C)O[C@H](CC(=O)O)C5)cc(O)c1C2=O. The first kappa shape index (κ1) is 100. The summed E-state index contributed by atoms with van der Waals surface area (Å²) in [5.74, 6) is -14.2. The maximum absolute atomic E-state index is 13.7. The highest BCUT2D eigenvalue weighted by Gasteiger charge is 2.63. The highest BCUT2D eigenvalue weighted by Crippen LogP contribution is 2.58. The number of ether oxygens (including phenoxy) is 10. The van der Waals surface area contributed by atoms with Crippen LogP contribution in [0.1, 0.15) is 294 Å². The van der Waals surface area contributed by atoms with Gasteiger partial charge in [-0.15, -0.1) is 0 Å². The number of Topliss-reactive ketones (excluding diaryl/α,β-unsaturated/α-hetero) is 10. The van der Waals surface area contributed by atoms with Crippen LogP contribution in [-0.4, -0.2) is 281 Å². The topological polar surface area (TPSA) is 647 Å². The maximum Gasteiger partial charge on any atom is 0.309 e. The minimum absolute atomic E-state index is 0.0104. The summed E-state index contributed by atoms with van der Waals surface area (Å²) in [6, 6.07) is 7.22. The number of aliphatic hydroxyl groups excluding tert-OH is 5. The Labute approximate surface area is 812 Å². The molecule has 754 valence electrons. The van der Waals surface area contributed by atoms with Crippen molar-refractivity contribution < 1.29 is 191 Å². The van der Waals surface area contributed by atoms with Crippen molar-refractivity contribution in [3.8, 4) is 40.2 Å². The van der Waals surface area contributed by atoms with Crippen molar-refractivity contribution in [3.63, 3.8) is 0 Å². The number of esters is 1. The Balaban J connectivity index is 0.000000128. The van der Waals surface area contributed by atoms with Crippen LogP contribution >= 0.6 is 0 Å². The maximum atomic E-state index is 13.7. The molecule has 40 heteroatoms. The molecule has 0 saturated carbocycles. The summed E-state index contributed by atoms with van der Waals surface area (Å²) < 4.78 is 57.4. The van der Waals surface area contributed by atoms with E-state index in [4.69, 9.17) is 52.5 Å². The minimum Gasteiger partial charge on any atom is -0.507 e. The van der Waals surface area contributed by atoms with Gasteiger partial charge < -0.3 is 129 Å². The molecule has 0 amide bonds. The molecule has 5 fully saturated rings. The van der Waals surface area contributed by atoms with Crippen molar-refractivity contribution >= 4 is 87.3 Å². The molecule has 0 radical (unpaired) electrons. The fourth-order valence-corrected chi connectivity index (χ4v) is 23.5. The van der Waals surface area contributed by atoms with E-state index in [1.807, 2.05) is 7.05 Å². The van der Waals surface area contributed by atoms with Gasteiger partial charge in [0.05, 0.1) is 179 Å². The van der Waals surface area contributed by atoms with Gasteiger partial charge in [0.2, 0.25) is 11.6 Å². The quantitative estimate of drug-likeness (QED) is 0.0334. The van der Waals surface area contributed by atoms with Crippen LogP contribution in [0.15, 0.2) is 93.3 Å². The zero-order valence-electron chi connectivity index (χ0n) is 78.6. The van der Waals surface area contributed by atoms with E-state index in [2.05, 4.69) is 11.9 Å². The largest absolute Gasteiger partial charge is 0.507 e. The van der Waals surface area contributed by atoms with Crippen LogP contribution in [0.25, 0.3) is 5.76 Å². The summed E-state index contributed by atoms with van der Waals surface area (Å²) in [6.45, 7) is 18.8. The zero-order chi connectivity index (χ0) is 103. The van der Waals surface area contributed by atoms with Crippen LogP contribution in [0.3, 0.4) is 0 Å². The number of aliphatic hydroxyl groups is 6. The highest BCUT2D eigenvalue weighted by atomic mass is 16.6. The van der Waals surface area contributed by atoms with Gasteiger partial charge in [-0.3, -0.25) is 67.1 Å². The van der Waals surface area contributed by atoms with Gasteiger partial charge in [-0.05, 0) is 118 Å². The molecule has 143 heavy (non-hydrogen) atoms. The third-order valence-corrected chi connectivity index (χ3v) is 29.9. The predicted molar refractivity (Wildman–Crippen MR) is 485 cm³/mol. The number of hydrogen-bond acceptors (Lipinski definition) is 38. The van der Waals surface area contributed by atoms with Gasteiger partial charge in [0.15, 0.2) is 58.5 Å². The fraction of sp³-hybridized carbons (Fsp3) is 0.456. The average Bonchev–Trinajstić information content (AvgIpc) is 1.12. The van der Waals surface area contributed by atoms with E-state index in [9.17, 15) is 139 Å². The molecule has 24 atom stereocenters. The van der Waals surface area contributed by atoms with Crippen LogP contribution in [0.4, 0.5) is 0 Å². The van der Waals surface area contributed by atoms with Gasteiger partial charge in [-0.1, -0.05) is 12.6 Å². The Morgan fingerprint density at radius 2 is 1.03 bits per heavy atom. The van der Waals surface area contributed by atoms with Crippen LogP contribution in [0.5, 0.6) is 40.2 Å². The van der Waals surface area contributed by atoms with E-state index in [0.29, 0.717) is 59.4 Å². The Bertz CT molecular complexity index is 6710. The number of nitrogens with one attached hydrogen (secondary N) is 1. The van der Waals surface area contributed by atoms with Crippen molar-refractivity contribution in [1.29, 1.82) is 0 Å². The lowest BCUT2D eigenvalue weighted by Crippen LogP contribution is -2.66. The standard InChI is InChI=1S/C33H28O14.C25H29NO7.C23H24O8.C22H22O10/c1-10-22-16(6-14(46-10)8-20(36)37)30(42)24-18(34)4-12(28(40)26(24)32(22)44)3-13-5-19(35)25-27(29(13)41)33(45)23-11(2)47-15(9-21(38)39)7-17(23)31(25)43;1-10-7-17-25(31-10)20-18(11(2)32-17)24(30)19-15(23(20)29)6-5-14(22(19)28)16-8-13(9-26-4)21(27)12(3)33-16;1-8(24)4-12-5-11-6-13-17(21(27)16(11)9(2)30-12)22(28)19-18(20(13)26)14-7-15(25)23(19,29)10(3)31-14;1-6-14-9(22-12(30-6)5-13(24)32-22)3-8-15(19(14)27)20(28)21(29)16(18(8)26)11-4-10(23)17(25)7(2)31-11/h4-5,10-11,14-15,34,40,43,45H,3,6-9H2,1-2H3,(H,36,37)(H,38,39);5-6,11-13,16-17,21,25-28H,1,7-9H2,2-4H3;6,9-10,12,14-15,25,27,29H,4-5,7H2,1-3H3;3,6-7,10-12,17,22-23,25-27H,4-5H2,1-2H3/t10-,11-,14+,15+;11-,12-,13+,16?,17-,21-,25+;9-,10?,12-,14?,15?,23?;/m110./s1. The van der Waals surface area contributed by atoms with E-state index in [1.165, 1.54) is 33.8 Å². The molecule has 11 heterocycles. The lowest BCUT2D eigenvalue weighted by atomic mass is 9.63. The van der Waals surface area contributed by atoms with E-state index < -0.39 is 274 Å². The van der Waals surface area contributed by atoms with Gasteiger partial charge in [0.1, 0.15) is 75.7 Å². The predicted octanol–water partition coefficient (Wildman–Crippen LogP) is 7.17. The molecule has 6 aliphatic carbocycles. The second kappa shape index (κ2) is 37.0. The summed E-state index contributed by atoms with van der Waals surface area (Å²) in [6.07, 6.45) is -16.8. The molecule has 0 spiro atoms. The molecular weight excluding hydrogens is 1880 g/mol. The number of aliphatic carboxylic acids is 2. The van der Waals surface area contributed by atoms with Crippen molar-refractivity contribution in [2.45, 2.75) is 279 Å². The highest BCUT2D eigenvalue weighted by molar-refractivity contribution is 6.53. The molecule has 2 bridgehead atoms. The molecular formula is C103H103NO39. The normalized spacial score (nSPS) is 32.0. The number of hydrogen-bond donors (Lipinski definition) is 16. The third-order valence-electron chi connectivity index (χ3n) is 29.9. The first-order valence-electron chi connectivity index (χ1n) is 46.9. The molecule has 22 rings (SSSR count). The third kappa shape index (κ3) is 16.3. The summed E-state index contributed by atoms with van der Waals surface area (Å²) in [7, 11) is 1.81. The molecule has 12 unspecified atom stereocenters. The van der Waals surface area contributed by atoms with Gasteiger partial charge >= 0.3 is 17.9 Å². The number of phenols is 7. The van der Waals surface area contributed by atoms with Crippen molar-refractivity contribution in [2.24, 2.45) is 5.92 Å². The van der Waals surface area contributed by atoms with Crippen LogP contribution in [0.2, 0.25) is 0 Å². The van der Waals surface area contributed by atoms with Gasteiger partial charge in [0, 0.05) is 146 Å². The number of rotatable bonds is 12. The lowest BCUT2D eigenvalue weighted by Gasteiger charge is -2.52. The van der Waals surface area contributed by atoms with Crippen LogP contribution < -0.4 is 5.32 Å². The van der Waals surface area contributed by atoms with Crippen molar-refractivity contribution in [2.75, 3.05) is 13.6 Å². The number of carbonyl (C=O) groups excluding carboxylic acids is 12. The van der Waals surface area contributed by atoms with Crippen LogP contribution in [-0.2, 0) is 90.6 Å². The molecule has 11 aliphatic heterocycles. The van der Waals surface area contributed by atoms with Crippen molar-refractivity contribution in [3.05, 3.63) is 193 Å². The summed E-state index contributed by atoms with van der Waals surface area (Å²) in [5, 5.41) is 162. The molecule has 0 aromatic heterocycles. The fourth-order valence-electron chi connectivity index (χ4n) is 23.5. The zero-order valence-corrected chi connectivity index (χ0v) is 78.6. The van der Waals surface area contributed by atoms with Gasteiger partial charge in [-0.2, -0.15) is 0 Å². The molecule has 17 aliphatic rings. The van der Waals surface area contributed by atoms with E-state index >= 15 is 0 Å². The number of carbonyl (C=O) groups is 14. The number of benzene rings is 5.